The molecule has 0 aliphatic heterocycles. The van der Waals surface area contributed by atoms with Gasteiger partial charge in [-0.15, -0.1) is 11.3 Å². The molecule has 6 heteroatoms. The predicted octanol–water partition coefficient (Wildman–Crippen LogP) is 2.40. The van der Waals surface area contributed by atoms with Gasteiger partial charge >= 0.3 is 5.97 Å². The highest BCUT2D eigenvalue weighted by Crippen LogP contribution is 2.22. The molecule has 0 aliphatic rings. The second-order valence-electron chi connectivity index (χ2n) is 4.11. The van der Waals surface area contributed by atoms with Crippen LogP contribution in [0.2, 0.25) is 0 Å². The van der Waals surface area contributed by atoms with Crippen LogP contribution in [0.15, 0.2) is 28.2 Å². The van der Waals surface area contributed by atoms with Crippen molar-refractivity contribution in [1.29, 1.82) is 0 Å². The number of aliphatic carboxylic acids is 1. The van der Waals surface area contributed by atoms with E-state index in [1.54, 1.807) is 17.6 Å². The Kier molecular flexibility index (Phi) is 4.70. The van der Waals surface area contributed by atoms with Crippen molar-refractivity contribution in [2.45, 2.75) is 25.8 Å². The summed E-state index contributed by atoms with van der Waals surface area (Å²) in [7, 11) is 0. The lowest BCUT2D eigenvalue weighted by Gasteiger charge is -2.10. The Hall–Kier alpha value is -1.66. The lowest BCUT2D eigenvalue weighted by Crippen LogP contribution is -2.37. The van der Waals surface area contributed by atoms with Gasteiger partial charge in [0.05, 0.1) is 11.3 Å². The molecule has 1 atom stereocenters. The van der Waals surface area contributed by atoms with Crippen molar-refractivity contribution < 1.29 is 14.3 Å². The van der Waals surface area contributed by atoms with Gasteiger partial charge in [-0.05, 0) is 18.6 Å². The molecule has 2 N–H and O–H groups in total. The number of hydrogen-bond donors (Lipinski definition) is 2. The van der Waals surface area contributed by atoms with E-state index in [9.17, 15) is 4.79 Å². The molecule has 0 saturated carbocycles. The molecular weight excluding hydrogens is 264 g/mol. The first-order chi connectivity index (χ1) is 9.20. The number of furan rings is 1. The van der Waals surface area contributed by atoms with Gasteiger partial charge in [-0.2, -0.15) is 0 Å². The van der Waals surface area contributed by atoms with Gasteiger partial charge in [0.2, 0.25) is 0 Å². The minimum atomic E-state index is -0.807. The SMILES string of the molecule is CCC(NCCc1nc(-c2ccco2)cs1)C(=O)O. The summed E-state index contributed by atoms with van der Waals surface area (Å²) in [6.45, 7) is 2.46. The number of rotatable bonds is 7. The molecule has 19 heavy (non-hydrogen) atoms. The van der Waals surface area contributed by atoms with Crippen LogP contribution in [-0.4, -0.2) is 28.6 Å². The van der Waals surface area contributed by atoms with Gasteiger partial charge in [0.15, 0.2) is 5.76 Å². The van der Waals surface area contributed by atoms with Crippen LogP contribution < -0.4 is 5.32 Å². The zero-order valence-electron chi connectivity index (χ0n) is 10.6. The maximum absolute atomic E-state index is 10.8. The van der Waals surface area contributed by atoms with Crippen LogP contribution in [0.4, 0.5) is 0 Å². The van der Waals surface area contributed by atoms with E-state index in [0.29, 0.717) is 13.0 Å². The van der Waals surface area contributed by atoms with Gasteiger partial charge in [-0.25, -0.2) is 4.98 Å². The number of hydrogen-bond acceptors (Lipinski definition) is 5. The van der Waals surface area contributed by atoms with Crippen molar-refractivity contribution in [3.05, 3.63) is 28.8 Å². The molecule has 0 bridgehead atoms. The minimum absolute atomic E-state index is 0.482. The Morgan fingerprint density at radius 3 is 3.11 bits per heavy atom. The normalized spacial score (nSPS) is 12.5. The third-order valence-corrected chi connectivity index (χ3v) is 3.67. The predicted molar refractivity (Wildman–Crippen MR) is 73.2 cm³/mol. The second-order valence-corrected chi connectivity index (χ2v) is 5.05. The Morgan fingerprint density at radius 1 is 1.63 bits per heavy atom. The first-order valence-electron chi connectivity index (χ1n) is 6.15. The molecule has 0 fully saturated rings. The summed E-state index contributed by atoms with van der Waals surface area (Å²) < 4.78 is 5.28. The van der Waals surface area contributed by atoms with Gasteiger partial charge in [-0.3, -0.25) is 4.79 Å². The summed E-state index contributed by atoms with van der Waals surface area (Å²) in [6, 6.07) is 3.22. The average molecular weight is 280 g/mol. The van der Waals surface area contributed by atoms with Crippen LogP contribution in [0.25, 0.3) is 11.5 Å². The van der Waals surface area contributed by atoms with E-state index in [1.807, 2.05) is 24.4 Å². The first-order valence-corrected chi connectivity index (χ1v) is 7.03. The van der Waals surface area contributed by atoms with E-state index >= 15 is 0 Å². The molecule has 0 saturated heterocycles. The van der Waals surface area contributed by atoms with Crippen LogP contribution in [-0.2, 0) is 11.2 Å². The molecule has 2 aromatic heterocycles. The van der Waals surface area contributed by atoms with Gasteiger partial charge in [0, 0.05) is 18.3 Å². The molecule has 2 aromatic rings. The van der Waals surface area contributed by atoms with E-state index in [2.05, 4.69) is 10.3 Å². The molecule has 0 amide bonds. The lowest BCUT2D eigenvalue weighted by molar-refractivity contribution is -0.139. The fraction of sp³-hybridized carbons (Fsp3) is 0.385. The molecule has 0 aliphatic carbocycles. The maximum atomic E-state index is 10.8. The zero-order valence-corrected chi connectivity index (χ0v) is 11.4. The number of thiazole rings is 1. The highest BCUT2D eigenvalue weighted by Gasteiger charge is 2.13. The van der Waals surface area contributed by atoms with E-state index in [0.717, 1.165) is 22.9 Å². The number of carboxylic acids is 1. The Morgan fingerprint density at radius 2 is 2.47 bits per heavy atom. The number of aromatic nitrogens is 1. The van der Waals surface area contributed by atoms with Crippen molar-refractivity contribution in [3.8, 4) is 11.5 Å². The Balaban J connectivity index is 1.86. The lowest BCUT2D eigenvalue weighted by atomic mass is 10.2. The number of nitrogens with zero attached hydrogens (tertiary/aromatic N) is 1. The van der Waals surface area contributed by atoms with Gasteiger partial charge in [0.25, 0.3) is 0 Å². The highest BCUT2D eigenvalue weighted by molar-refractivity contribution is 7.09. The van der Waals surface area contributed by atoms with Crippen molar-refractivity contribution in [2.24, 2.45) is 0 Å². The number of carbonyl (C=O) groups is 1. The quantitative estimate of drug-likeness (QED) is 0.814. The summed E-state index contributed by atoms with van der Waals surface area (Å²) in [6.07, 6.45) is 2.91. The highest BCUT2D eigenvalue weighted by atomic mass is 32.1. The molecular formula is C13H16N2O3S. The largest absolute Gasteiger partial charge is 0.480 e. The molecule has 0 radical (unpaired) electrons. The van der Waals surface area contributed by atoms with Crippen molar-refractivity contribution in [3.63, 3.8) is 0 Å². The summed E-state index contributed by atoms with van der Waals surface area (Å²) in [4.78, 5) is 15.3. The van der Waals surface area contributed by atoms with Crippen molar-refractivity contribution in [1.82, 2.24) is 10.3 Å². The minimum Gasteiger partial charge on any atom is -0.480 e. The third-order valence-electron chi connectivity index (χ3n) is 2.76. The van der Waals surface area contributed by atoms with E-state index in [1.165, 1.54) is 0 Å². The van der Waals surface area contributed by atoms with Gasteiger partial charge < -0.3 is 14.8 Å². The third kappa shape index (κ3) is 3.65. The molecule has 102 valence electrons. The Bertz CT molecular complexity index is 522. The molecule has 2 rings (SSSR count). The van der Waals surface area contributed by atoms with Crippen LogP contribution in [0.5, 0.6) is 0 Å². The topological polar surface area (TPSA) is 75.4 Å². The smallest absolute Gasteiger partial charge is 0.320 e. The van der Waals surface area contributed by atoms with Crippen LogP contribution >= 0.6 is 11.3 Å². The summed E-state index contributed by atoms with van der Waals surface area (Å²) in [5.74, 6) is -0.0506. The molecule has 5 nitrogen and oxygen atoms in total. The Labute approximate surface area is 115 Å². The average Bonchev–Trinajstić information content (AvgIpc) is 3.04. The molecule has 0 aromatic carbocycles. The van der Waals surface area contributed by atoms with E-state index in [-0.39, 0.29) is 0 Å². The summed E-state index contributed by atoms with van der Waals surface area (Å²) >= 11 is 1.56. The number of nitrogens with one attached hydrogen (secondary N) is 1. The molecule has 1 unspecified atom stereocenters. The maximum Gasteiger partial charge on any atom is 0.320 e. The second kappa shape index (κ2) is 6.49. The van der Waals surface area contributed by atoms with Crippen LogP contribution in [0.1, 0.15) is 18.4 Å². The summed E-state index contributed by atoms with van der Waals surface area (Å²) in [5, 5.41) is 14.8. The first kappa shape index (κ1) is 13.8. The van der Waals surface area contributed by atoms with Crippen LogP contribution in [0, 0.1) is 0 Å². The number of carboxylic acid groups (broad SMARTS) is 1. The van der Waals surface area contributed by atoms with E-state index in [4.69, 9.17) is 9.52 Å². The van der Waals surface area contributed by atoms with Crippen LogP contribution in [0.3, 0.4) is 0 Å². The molecule has 2 heterocycles. The monoisotopic (exact) mass is 280 g/mol. The zero-order chi connectivity index (χ0) is 13.7. The van der Waals surface area contributed by atoms with Crippen molar-refractivity contribution >= 4 is 17.3 Å². The fourth-order valence-electron chi connectivity index (χ4n) is 1.72. The standard InChI is InChI=1S/C13H16N2O3S/c1-2-9(13(16)17)14-6-5-12-15-10(8-19-12)11-4-3-7-18-11/h3-4,7-9,14H,2,5-6H2,1H3,(H,16,17). The van der Waals surface area contributed by atoms with Gasteiger partial charge in [-0.1, -0.05) is 6.92 Å². The molecule has 0 spiro atoms. The van der Waals surface area contributed by atoms with Crippen molar-refractivity contribution in [2.75, 3.05) is 6.54 Å². The van der Waals surface area contributed by atoms with Gasteiger partial charge in [0.1, 0.15) is 11.7 Å². The van der Waals surface area contributed by atoms with E-state index < -0.39 is 12.0 Å². The fourth-order valence-corrected chi connectivity index (χ4v) is 2.51. The summed E-state index contributed by atoms with van der Waals surface area (Å²) in [5.41, 5.74) is 0.829.